The van der Waals surface area contributed by atoms with Crippen molar-refractivity contribution in [3.63, 3.8) is 0 Å². The van der Waals surface area contributed by atoms with Crippen LogP contribution in [0.25, 0.3) is 6.08 Å². The molecule has 0 aromatic heterocycles. The average molecular weight is 501 g/mol. The minimum Gasteiger partial charge on any atom is -0.487 e. The predicted molar refractivity (Wildman–Crippen MR) is 143 cm³/mol. The van der Waals surface area contributed by atoms with Crippen LogP contribution in [-0.2, 0) is 14.4 Å². The molecule has 1 aromatic carbocycles. The van der Waals surface area contributed by atoms with Crippen LogP contribution in [-0.4, -0.2) is 60.9 Å². The Balaban J connectivity index is 2.52. The van der Waals surface area contributed by atoms with E-state index in [1.165, 1.54) is 0 Å². The number of nitrogens with zero attached hydrogens (tertiary/aromatic N) is 1. The molecule has 0 fully saturated rings. The Morgan fingerprint density at radius 2 is 1.69 bits per heavy atom. The lowest BCUT2D eigenvalue weighted by atomic mass is 9.94. The van der Waals surface area contributed by atoms with E-state index in [9.17, 15) is 14.4 Å². The number of likely N-dealkylation sites (N-methyl/N-ethyl adjacent to an activating group) is 1. The maximum atomic E-state index is 13.7. The third-order valence-electron chi connectivity index (χ3n) is 6.57. The lowest BCUT2D eigenvalue weighted by molar-refractivity contribution is -0.137. The molecule has 0 aliphatic carbocycles. The van der Waals surface area contributed by atoms with Gasteiger partial charge in [-0.2, -0.15) is 0 Å². The van der Waals surface area contributed by atoms with Gasteiger partial charge in [-0.3, -0.25) is 19.3 Å². The molecule has 3 N–H and O–H groups in total. The fraction of sp³-hybridized carbons (Fsp3) is 0.607. The standard InChI is InChI=1S/C28H44N4O4/c1-9-19(6)24(32(7)8)28(35)31-23-25(18(4)5)36-21-12-10-20(11-13-21)14-15-29-26(33)22(16-17(2)3)30-27(23)34/h10-15,17-19,22-25H,9,16H2,1-8H3,(H,29,33)(H,30,34)(H,31,35)/b15-14-. The Hall–Kier alpha value is -2.87. The normalized spacial score (nSPS) is 23.5. The molecular formula is C28H44N4O4. The summed E-state index contributed by atoms with van der Waals surface area (Å²) in [5.41, 5.74) is 0.900. The van der Waals surface area contributed by atoms with E-state index in [0.717, 1.165) is 12.0 Å². The van der Waals surface area contributed by atoms with Crippen LogP contribution in [0.15, 0.2) is 30.5 Å². The van der Waals surface area contributed by atoms with Crippen LogP contribution in [0, 0.1) is 17.8 Å². The minimum atomic E-state index is -0.996. The number of fused-ring (bicyclic) bond motifs is 10. The van der Waals surface area contributed by atoms with Gasteiger partial charge in [-0.1, -0.05) is 60.1 Å². The summed E-state index contributed by atoms with van der Waals surface area (Å²) in [6.45, 7) is 12.0. The number of hydrogen-bond acceptors (Lipinski definition) is 5. The summed E-state index contributed by atoms with van der Waals surface area (Å²) in [7, 11) is 3.72. The number of benzene rings is 1. The van der Waals surface area contributed by atoms with Crippen molar-refractivity contribution in [2.45, 2.75) is 78.6 Å². The molecule has 200 valence electrons. The Labute approximate surface area is 216 Å². The highest BCUT2D eigenvalue weighted by Gasteiger charge is 2.38. The number of ether oxygens (including phenoxy) is 1. The van der Waals surface area contributed by atoms with E-state index >= 15 is 0 Å². The Kier molecular flexibility index (Phi) is 11.0. The van der Waals surface area contributed by atoms with Crippen molar-refractivity contribution in [3.05, 3.63) is 36.0 Å². The number of nitrogens with one attached hydrogen (secondary N) is 3. The zero-order valence-electron chi connectivity index (χ0n) is 23.0. The van der Waals surface area contributed by atoms with Crippen LogP contribution in [0.5, 0.6) is 5.75 Å². The molecule has 8 heteroatoms. The fourth-order valence-electron chi connectivity index (χ4n) is 4.45. The van der Waals surface area contributed by atoms with Crippen LogP contribution >= 0.6 is 0 Å². The molecule has 8 nitrogen and oxygen atoms in total. The number of carbonyl (C=O) groups excluding carboxylic acids is 3. The zero-order chi connectivity index (χ0) is 27.0. The van der Waals surface area contributed by atoms with Crippen molar-refractivity contribution in [1.82, 2.24) is 20.9 Å². The van der Waals surface area contributed by atoms with Gasteiger partial charge in [0.05, 0.1) is 6.04 Å². The van der Waals surface area contributed by atoms with E-state index in [4.69, 9.17) is 4.74 Å². The summed E-state index contributed by atoms with van der Waals surface area (Å²) < 4.78 is 6.31. The molecule has 0 radical (unpaired) electrons. The molecule has 2 aliphatic heterocycles. The quantitative estimate of drug-likeness (QED) is 0.509. The summed E-state index contributed by atoms with van der Waals surface area (Å²) in [5.74, 6) is -0.241. The summed E-state index contributed by atoms with van der Waals surface area (Å²) in [4.78, 5) is 42.1. The van der Waals surface area contributed by atoms with Gasteiger partial charge < -0.3 is 20.7 Å². The van der Waals surface area contributed by atoms with Gasteiger partial charge in [0.2, 0.25) is 17.7 Å². The van der Waals surface area contributed by atoms with Crippen LogP contribution in [0.4, 0.5) is 0 Å². The first kappa shape index (κ1) is 29.4. The Morgan fingerprint density at radius 1 is 1.06 bits per heavy atom. The molecular weight excluding hydrogens is 456 g/mol. The van der Waals surface area contributed by atoms with Gasteiger partial charge >= 0.3 is 0 Å². The van der Waals surface area contributed by atoms with Crippen molar-refractivity contribution in [2.75, 3.05) is 14.1 Å². The molecule has 5 atom stereocenters. The number of hydrogen-bond donors (Lipinski definition) is 3. The summed E-state index contributed by atoms with van der Waals surface area (Å²) in [6, 6.07) is 5.24. The van der Waals surface area contributed by atoms with E-state index in [-0.39, 0.29) is 29.6 Å². The lowest BCUT2D eigenvalue weighted by Gasteiger charge is -2.35. The highest BCUT2D eigenvalue weighted by Crippen LogP contribution is 2.22. The number of amides is 3. The third kappa shape index (κ3) is 8.08. The smallest absolute Gasteiger partial charge is 0.247 e. The zero-order valence-corrected chi connectivity index (χ0v) is 23.0. The van der Waals surface area contributed by atoms with E-state index in [1.54, 1.807) is 12.3 Å². The summed E-state index contributed by atoms with van der Waals surface area (Å²) >= 11 is 0. The van der Waals surface area contributed by atoms with Crippen molar-refractivity contribution in [2.24, 2.45) is 17.8 Å². The topological polar surface area (TPSA) is 99.8 Å². The maximum absolute atomic E-state index is 13.7. The molecule has 2 bridgehead atoms. The van der Waals surface area contributed by atoms with Gasteiger partial charge in [-0.15, -0.1) is 0 Å². The van der Waals surface area contributed by atoms with Crippen LogP contribution in [0.3, 0.4) is 0 Å². The summed E-state index contributed by atoms with van der Waals surface area (Å²) in [5, 5.41) is 8.68. The average Bonchev–Trinajstić information content (AvgIpc) is 2.80. The third-order valence-corrected chi connectivity index (χ3v) is 6.57. The maximum Gasteiger partial charge on any atom is 0.247 e. The van der Waals surface area contributed by atoms with Crippen LogP contribution in [0.2, 0.25) is 0 Å². The molecule has 5 unspecified atom stereocenters. The van der Waals surface area contributed by atoms with Crippen LogP contribution < -0.4 is 20.7 Å². The lowest BCUT2D eigenvalue weighted by Crippen LogP contribution is -2.62. The van der Waals surface area contributed by atoms with Gasteiger partial charge in [0, 0.05) is 6.20 Å². The molecule has 3 rings (SSSR count). The molecule has 2 aliphatic rings. The predicted octanol–water partition coefficient (Wildman–Crippen LogP) is 3.18. The Morgan fingerprint density at radius 3 is 2.22 bits per heavy atom. The van der Waals surface area contributed by atoms with E-state index in [0.29, 0.717) is 12.2 Å². The fourth-order valence-corrected chi connectivity index (χ4v) is 4.45. The first-order valence-corrected chi connectivity index (χ1v) is 12.9. The van der Waals surface area contributed by atoms with E-state index < -0.39 is 30.1 Å². The summed E-state index contributed by atoms with van der Waals surface area (Å²) in [6.07, 6.45) is 3.99. The molecule has 3 amide bonds. The van der Waals surface area contributed by atoms with Gasteiger partial charge in [0.15, 0.2) is 0 Å². The van der Waals surface area contributed by atoms with Gasteiger partial charge in [0.25, 0.3) is 0 Å². The molecule has 0 spiro atoms. The first-order valence-electron chi connectivity index (χ1n) is 12.9. The van der Waals surface area contributed by atoms with E-state index in [2.05, 4.69) is 16.0 Å². The van der Waals surface area contributed by atoms with Gasteiger partial charge in [-0.25, -0.2) is 0 Å². The van der Waals surface area contributed by atoms with Gasteiger partial charge in [0.1, 0.15) is 23.9 Å². The molecule has 0 saturated carbocycles. The largest absolute Gasteiger partial charge is 0.487 e. The highest BCUT2D eigenvalue weighted by molar-refractivity contribution is 5.94. The second-order valence-electron chi connectivity index (χ2n) is 10.7. The SMILES string of the molecule is CCC(C)C(C(=O)NC1C(=O)NC(CC(C)C)C(=O)N/C=C\c2ccc(cc2)OC1C(C)C)N(C)C. The second-order valence-corrected chi connectivity index (χ2v) is 10.7. The van der Waals surface area contributed by atoms with Crippen LogP contribution in [0.1, 0.15) is 59.9 Å². The minimum absolute atomic E-state index is 0.0822. The molecule has 0 saturated heterocycles. The number of carbonyl (C=O) groups is 3. The number of rotatable bonds is 8. The monoisotopic (exact) mass is 500 g/mol. The van der Waals surface area contributed by atoms with Crippen molar-refractivity contribution >= 4 is 23.8 Å². The van der Waals surface area contributed by atoms with E-state index in [1.807, 2.05) is 84.8 Å². The highest BCUT2D eigenvalue weighted by atomic mass is 16.5. The molecule has 2 heterocycles. The van der Waals surface area contributed by atoms with Crippen molar-refractivity contribution in [1.29, 1.82) is 0 Å². The molecule has 1 aromatic rings. The van der Waals surface area contributed by atoms with Gasteiger partial charge in [-0.05, 0) is 62.0 Å². The van der Waals surface area contributed by atoms with Crippen molar-refractivity contribution < 1.29 is 19.1 Å². The second kappa shape index (κ2) is 13.4. The van der Waals surface area contributed by atoms with Crippen molar-refractivity contribution in [3.8, 4) is 5.75 Å². The Bertz CT molecular complexity index is 911. The molecule has 36 heavy (non-hydrogen) atoms. The first-order chi connectivity index (χ1) is 16.9.